The minimum atomic E-state index is -0.934. The van der Waals surface area contributed by atoms with Crippen LogP contribution in [0, 0.1) is 6.92 Å². The molecule has 0 spiro atoms. The highest BCUT2D eigenvalue weighted by Gasteiger charge is 2.46. The highest BCUT2D eigenvalue weighted by Crippen LogP contribution is 2.29. The molecule has 1 aliphatic rings. The Morgan fingerprint density at radius 2 is 1.88 bits per heavy atom. The van der Waals surface area contributed by atoms with Gasteiger partial charge in [0.2, 0.25) is 5.91 Å². The molecule has 0 radical (unpaired) electrons. The highest BCUT2D eigenvalue weighted by molar-refractivity contribution is 6.22. The Bertz CT molecular complexity index is 1160. The Morgan fingerprint density at radius 3 is 2.55 bits per heavy atom. The van der Waals surface area contributed by atoms with Gasteiger partial charge in [0.1, 0.15) is 11.8 Å². The van der Waals surface area contributed by atoms with Gasteiger partial charge in [-0.15, -0.1) is 0 Å². The number of aryl methyl sites for hydroxylation is 1. The number of rotatable bonds is 7. The lowest BCUT2D eigenvalue weighted by atomic mass is 10.1. The molecule has 3 aromatic rings. The fraction of sp³-hybridized carbons (Fsp3) is 0.200. The Labute approximate surface area is 191 Å². The van der Waals surface area contributed by atoms with Crippen molar-refractivity contribution in [2.75, 3.05) is 17.3 Å². The Morgan fingerprint density at radius 1 is 1.09 bits per heavy atom. The molecule has 1 N–H and O–H groups in total. The standard InChI is InChI=1S/C25H24N4O4/c1-17-5-3-7-20(13-17)29-24(31)22(28(25(29)32)16-18-6-4-12-26-15-18)14-23(30)27-19-8-10-21(33-2)11-9-19/h3-13,15,22H,14,16H2,1-2H3,(H,27,30)/t22-/m0/s1. The van der Waals surface area contributed by atoms with E-state index in [9.17, 15) is 14.4 Å². The molecule has 0 unspecified atom stereocenters. The second kappa shape index (κ2) is 9.52. The van der Waals surface area contributed by atoms with E-state index < -0.39 is 18.0 Å². The number of carbonyl (C=O) groups excluding carboxylic acids is 3. The maximum atomic E-state index is 13.4. The first kappa shape index (κ1) is 22.0. The molecule has 8 nitrogen and oxygen atoms in total. The van der Waals surface area contributed by atoms with Crippen molar-refractivity contribution in [2.24, 2.45) is 0 Å². The number of hydrogen-bond acceptors (Lipinski definition) is 5. The molecular formula is C25H24N4O4. The summed E-state index contributed by atoms with van der Waals surface area (Å²) in [7, 11) is 1.56. The average molecular weight is 444 g/mol. The summed E-state index contributed by atoms with van der Waals surface area (Å²) in [6.45, 7) is 2.06. The Balaban J connectivity index is 1.58. The van der Waals surface area contributed by atoms with Gasteiger partial charge in [0, 0.05) is 24.6 Å². The van der Waals surface area contributed by atoms with Crippen molar-refractivity contribution in [3.05, 3.63) is 84.2 Å². The number of aromatic nitrogens is 1. The number of benzene rings is 2. The van der Waals surface area contributed by atoms with E-state index in [1.807, 2.05) is 19.1 Å². The molecule has 168 valence electrons. The molecule has 1 aromatic heterocycles. The van der Waals surface area contributed by atoms with Crippen molar-refractivity contribution < 1.29 is 19.1 Å². The van der Waals surface area contributed by atoms with Gasteiger partial charge in [0.25, 0.3) is 5.91 Å². The van der Waals surface area contributed by atoms with Gasteiger partial charge in [-0.05, 0) is 60.5 Å². The summed E-state index contributed by atoms with van der Waals surface area (Å²) in [5, 5.41) is 2.79. The molecule has 4 rings (SSSR count). The lowest BCUT2D eigenvalue weighted by Crippen LogP contribution is -2.37. The van der Waals surface area contributed by atoms with Crippen LogP contribution in [0.4, 0.5) is 16.2 Å². The summed E-state index contributed by atoms with van der Waals surface area (Å²) in [6, 6.07) is 16.3. The van der Waals surface area contributed by atoms with Crippen molar-refractivity contribution in [3.63, 3.8) is 0 Å². The van der Waals surface area contributed by atoms with Crippen molar-refractivity contribution in [1.82, 2.24) is 9.88 Å². The first-order valence-corrected chi connectivity index (χ1v) is 10.5. The zero-order valence-electron chi connectivity index (χ0n) is 18.4. The normalized spacial score (nSPS) is 15.6. The van der Waals surface area contributed by atoms with Crippen LogP contribution < -0.4 is 15.0 Å². The van der Waals surface area contributed by atoms with Gasteiger partial charge < -0.3 is 15.0 Å². The summed E-state index contributed by atoms with van der Waals surface area (Å²) in [5.74, 6) is -0.131. The number of anilines is 2. The predicted molar refractivity (Wildman–Crippen MR) is 124 cm³/mol. The predicted octanol–water partition coefficient (Wildman–Crippen LogP) is 3.76. The molecule has 1 aliphatic heterocycles. The molecule has 2 heterocycles. The summed E-state index contributed by atoms with van der Waals surface area (Å²) in [4.78, 5) is 46.1. The van der Waals surface area contributed by atoms with Crippen molar-refractivity contribution >= 4 is 29.2 Å². The van der Waals surface area contributed by atoms with Gasteiger partial charge in [-0.1, -0.05) is 18.2 Å². The van der Waals surface area contributed by atoms with Crippen molar-refractivity contribution in [2.45, 2.75) is 25.9 Å². The number of pyridine rings is 1. The van der Waals surface area contributed by atoms with E-state index in [2.05, 4.69) is 10.3 Å². The summed E-state index contributed by atoms with van der Waals surface area (Å²) >= 11 is 0. The zero-order valence-corrected chi connectivity index (χ0v) is 18.4. The summed E-state index contributed by atoms with van der Waals surface area (Å²) in [5.41, 5.74) is 2.75. The number of methoxy groups -OCH3 is 1. The molecule has 8 heteroatoms. The molecular weight excluding hydrogens is 420 g/mol. The van der Waals surface area contributed by atoms with E-state index in [1.165, 1.54) is 4.90 Å². The first-order chi connectivity index (χ1) is 16.0. The SMILES string of the molecule is COc1ccc(NC(=O)C[C@H]2C(=O)N(c3cccc(C)c3)C(=O)N2Cc2cccnc2)cc1. The van der Waals surface area contributed by atoms with Crippen LogP contribution in [-0.2, 0) is 16.1 Å². The second-order valence-corrected chi connectivity index (χ2v) is 7.78. The van der Waals surface area contributed by atoms with Crippen LogP contribution in [0.2, 0.25) is 0 Å². The van der Waals surface area contributed by atoms with Crippen molar-refractivity contribution in [3.8, 4) is 5.75 Å². The monoisotopic (exact) mass is 444 g/mol. The van der Waals surface area contributed by atoms with E-state index >= 15 is 0 Å². The molecule has 1 atom stereocenters. The molecule has 0 aliphatic carbocycles. The number of nitrogens with zero attached hydrogens (tertiary/aromatic N) is 3. The van der Waals surface area contributed by atoms with Crippen LogP contribution in [0.5, 0.6) is 5.75 Å². The molecule has 0 saturated carbocycles. The number of ether oxygens (including phenoxy) is 1. The lowest BCUT2D eigenvalue weighted by molar-refractivity contribution is -0.124. The molecule has 1 saturated heterocycles. The topological polar surface area (TPSA) is 91.8 Å². The number of nitrogens with one attached hydrogen (secondary N) is 1. The number of imide groups is 1. The van der Waals surface area contributed by atoms with Crippen LogP contribution in [0.15, 0.2) is 73.1 Å². The van der Waals surface area contributed by atoms with Crippen LogP contribution in [0.1, 0.15) is 17.5 Å². The minimum absolute atomic E-state index is 0.167. The van der Waals surface area contributed by atoms with Gasteiger partial charge >= 0.3 is 6.03 Å². The smallest absolute Gasteiger partial charge is 0.332 e. The zero-order chi connectivity index (χ0) is 23.4. The molecule has 0 bridgehead atoms. The summed E-state index contributed by atoms with van der Waals surface area (Å²) in [6.07, 6.45) is 3.11. The van der Waals surface area contributed by atoms with Gasteiger partial charge in [0.05, 0.1) is 19.2 Å². The quantitative estimate of drug-likeness (QED) is 0.560. The average Bonchev–Trinajstić information content (AvgIpc) is 3.04. The third-order valence-electron chi connectivity index (χ3n) is 5.41. The number of amides is 4. The van der Waals surface area contributed by atoms with E-state index in [-0.39, 0.29) is 18.9 Å². The van der Waals surface area contributed by atoms with Crippen molar-refractivity contribution in [1.29, 1.82) is 0 Å². The Kier molecular flexibility index (Phi) is 6.35. The van der Waals surface area contributed by atoms with Crippen LogP contribution >= 0.6 is 0 Å². The summed E-state index contributed by atoms with van der Waals surface area (Å²) < 4.78 is 5.13. The van der Waals surface area contributed by atoms with Gasteiger partial charge in [-0.3, -0.25) is 14.6 Å². The molecule has 1 fully saturated rings. The number of hydrogen-bond donors (Lipinski definition) is 1. The lowest BCUT2D eigenvalue weighted by Gasteiger charge is -2.21. The molecule has 2 aromatic carbocycles. The van der Waals surface area contributed by atoms with Gasteiger partial charge in [-0.25, -0.2) is 9.69 Å². The Hall–Kier alpha value is -4.20. The van der Waals surface area contributed by atoms with Crippen LogP contribution in [0.25, 0.3) is 0 Å². The maximum Gasteiger partial charge on any atom is 0.332 e. The highest BCUT2D eigenvalue weighted by atomic mass is 16.5. The van der Waals surface area contributed by atoms with E-state index in [1.54, 1.807) is 68.0 Å². The van der Waals surface area contributed by atoms with Crippen LogP contribution in [-0.4, -0.2) is 40.9 Å². The maximum absolute atomic E-state index is 13.4. The fourth-order valence-corrected chi connectivity index (χ4v) is 3.77. The van der Waals surface area contributed by atoms with E-state index in [0.717, 1.165) is 16.0 Å². The molecule has 4 amide bonds. The fourth-order valence-electron chi connectivity index (χ4n) is 3.77. The number of urea groups is 1. The van der Waals surface area contributed by atoms with Crippen LogP contribution in [0.3, 0.4) is 0 Å². The second-order valence-electron chi connectivity index (χ2n) is 7.78. The largest absolute Gasteiger partial charge is 0.497 e. The number of carbonyl (C=O) groups is 3. The third kappa shape index (κ3) is 4.85. The van der Waals surface area contributed by atoms with Gasteiger partial charge in [-0.2, -0.15) is 0 Å². The van der Waals surface area contributed by atoms with E-state index in [4.69, 9.17) is 4.74 Å². The third-order valence-corrected chi connectivity index (χ3v) is 5.41. The first-order valence-electron chi connectivity index (χ1n) is 10.5. The van der Waals surface area contributed by atoms with E-state index in [0.29, 0.717) is 17.1 Å². The minimum Gasteiger partial charge on any atom is -0.497 e. The van der Waals surface area contributed by atoms with Gasteiger partial charge in [0.15, 0.2) is 0 Å². The molecule has 33 heavy (non-hydrogen) atoms.